The second-order valence-electron chi connectivity index (χ2n) is 7.38. The van der Waals surface area contributed by atoms with Gasteiger partial charge in [-0.25, -0.2) is 9.59 Å². The molecule has 1 aliphatic heterocycles. The maximum atomic E-state index is 13.3. The van der Waals surface area contributed by atoms with E-state index in [0.717, 1.165) is 6.07 Å². The Morgan fingerprint density at radius 2 is 1.89 bits per heavy atom. The monoisotopic (exact) mass is 463 g/mol. The Hall–Kier alpha value is -2.03. The van der Waals surface area contributed by atoms with Gasteiger partial charge in [0.2, 0.25) is 0 Å². The Bertz CT molecular complexity index is 799. The lowest BCUT2D eigenvalue weighted by Crippen LogP contribution is -2.43. The number of hydrogen-bond donors (Lipinski definition) is 0. The van der Waals surface area contributed by atoms with Crippen LogP contribution in [0.4, 0.5) is 18.0 Å². The van der Waals surface area contributed by atoms with Gasteiger partial charge in [0.25, 0.3) is 0 Å². The van der Waals surface area contributed by atoms with Gasteiger partial charge in [-0.15, -0.1) is 0 Å². The second-order valence-corrected chi connectivity index (χ2v) is 8.30. The summed E-state index contributed by atoms with van der Waals surface area (Å²) in [6.45, 7) is 5.02. The minimum Gasteiger partial charge on any atom is -0.467 e. The molecule has 28 heavy (non-hydrogen) atoms. The standard InChI is InChI=1S/C19H21BrF3NO4/c1-18(2,3)28-17(26)24-10-11(8-15(24)16(25)27-4)7-12-5-6-13(20)9-14(12)19(21,22)23/h5-7,9,15H,8,10H2,1-4H3/b11-7-/t15-/m0/s1. The first-order valence-corrected chi connectivity index (χ1v) is 9.25. The third-order valence-corrected chi connectivity index (χ3v) is 4.48. The number of hydrogen-bond acceptors (Lipinski definition) is 4. The van der Waals surface area contributed by atoms with E-state index in [0.29, 0.717) is 10.0 Å². The number of benzene rings is 1. The first-order valence-electron chi connectivity index (χ1n) is 8.45. The van der Waals surface area contributed by atoms with E-state index in [4.69, 9.17) is 9.47 Å². The molecule has 2 rings (SSSR count). The zero-order valence-corrected chi connectivity index (χ0v) is 17.5. The van der Waals surface area contributed by atoms with Gasteiger partial charge in [-0.1, -0.05) is 28.1 Å². The van der Waals surface area contributed by atoms with Crippen molar-refractivity contribution in [3.8, 4) is 0 Å². The SMILES string of the molecule is COC(=O)[C@@H]1C/C(=C/c2ccc(Br)cc2C(F)(F)F)CN1C(=O)OC(C)(C)C. The van der Waals surface area contributed by atoms with Gasteiger partial charge in [-0.05, 0) is 44.0 Å². The van der Waals surface area contributed by atoms with Crippen LogP contribution in [-0.2, 0) is 20.4 Å². The number of rotatable bonds is 2. The Morgan fingerprint density at radius 3 is 2.43 bits per heavy atom. The normalized spacial score (nSPS) is 19.1. The molecule has 1 fully saturated rings. The zero-order chi connectivity index (χ0) is 21.3. The number of ether oxygens (including phenoxy) is 2. The van der Waals surface area contributed by atoms with Gasteiger partial charge in [0.05, 0.1) is 12.7 Å². The number of amides is 1. The molecule has 1 saturated heterocycles. The molecule has 5 nitrogen and oxygen atoms in total. The number of nitrogens with zero attached hydrogens (tertiary/aromatic N) is 1. The van der Waals surface area contributed by atoms with Crippen LogP contribution in [0.5, 0.6) is 0 Å². The maximum absolute atomic E-state index is 13.3. The summed E-state index contributed by atoms with van der Waals surface area (Å²) in [5, 5.41) is 0. The lowest BCUT2D eigenvalue weighted by atomic mass is 10.0. The van der Waals surface area contributed by atoms with Gasteiger partial charge in [0.1, 0.15) is 11.6 Å². The molecule has 0 bridgehead atoms. The lowest BCUT2D eigenvalue weighted by molar-refractivity contribution is -0.145. The smallest absolute Gasteiger partial charge is 0.417 e. The number of alkyl halides is 3. The van der Waals surface area contributed by atoms with E-state index >= 15 is 0 Å². The molecule has 1 atom stereocenters. The third kappa shape index (κ3) is 5.50. The Balaban J connectivity index is 2.38. The molecule has 1 aromatic rings. The average molecular weight is 464 g/mol. The van der Waals surface area contributed by atoms with Gasteiger partial charge in [-0.2, -0.15) is 13.2 Å². The fraction of sp³-hybridized carbons (Fsp3) is 0.474. The van der Waals surface area contributed by atoms with Crippen LogP contribution >= 0.6 is 15.9 Å². The molecule has 1 aromatic carbocycles. The van der Waals surface area contributed by atoms with Crippen LogP contribution in [-0.4, -0.2) is 42.3 Å². The predicted octanol–water partition coefficient (Wildman–Crippen LogP) is 5.03. The molecule has 0 aromatic heterocycles. The Labute approximate surface area is 169 Å². The summed E-state index contributed by atoms with van der Waals surface area (Å²) in [7, 11) is 1.19. The van der Waals surface area contributed by atoms with Gasteiger partial charge in [0.15, 0.2) is 0 Å². The van der Waals surface area contributed by atoms with Crippen LogP contribution in [0.25, 0.3) is 6.08 Å². The minimum atomic E-state index is -4.54. The molecular formula is C19H21BrF3NO4. The molecule has 0 aliphatic carbocycles. The van der Waals surface area contributed by atoms with E-state index in [-0.39, 0.29) is 18.5 Å². The fourth-order valence-electron chi connectivity index (χ4n) is 2.84. The molecule has 0 unspecified atom stereocenters. The van der Waals surface area contributed by atoms with Crippen molar-refractivity contribution >= 4 is 34.1 Å². The van der Waals surface area contributed by atoms with Crippen molar-refractivity contribution in [3.05, 3.63) is 39.4 Å². The number of esters is 1. The first-order chi connectivity index (χ1) is 12.8. The van der Waals surface area contributed by atoms with Gasteiger partial charge in [-0.3, -0.25) is 4.90 Å². The summed E-state index contributed by atoms with van der Waals surface area (Å²) in [5.74, 6) is -0.652. The van der Waals surface area contributed by atoms with Crippen molar-refractivity contribution in [3.63, 3.8) is 0 Å². The van der Waals surface area contributed by atoms with E-state index < -0.39 is 35.4 Å². The number of likely N-dealkylation sites (tertiary alicyclic amines) is 1. The molecule has 154 valence electrons. The summed E-state index contributed by atoms with van der Waals surface area (Å²) in [6, 6.07) is 2.88. The Morgan fingerprint density at radius 1 is 1.25 bits per heavy atom. The zero-order valence-electron chi connectivity index (χ0n) is 15.9. The largest absolute Gasteiger partial charge is 0.467 e. The average Bonchev–Trinajstić information content (AvgIpc) is 2.97. The van der Waals surface area contributed by atoms with E-state index in [9.17, 15) is 22.8 Å². The van der Waals surface area contributed by atoms with Crippen molar-refractivity contribution in [1.29, 1.82) is 0 Å². The number of halogens is 4. The molecule has 0 radical (unpaired) electrons. The van der Waals surface area contributed by atoms with E-state index in [2.05, 4.69) is 15.9 Å². The van der Waals surface area contributed by atoms with Crippen molar-refractivity contribution < 1.29 is 32.2 Å². The quantitative estimate of drug-likeness (QED) is 0.576. The van der Waals surface area contributed by atoms with Crippen LogP contribution in [0.2, 0.25) is 0 Å². The molecule has 1 amide bonds. The highest BCUT2D eigenvalue weighted by Gasteiger charge is 2.40. The van der Waals surface area contributed by atoms with E-state index in [1.54, 1.807) is 20.8 Å². The highest BCUT2D eigenvalue weighted by molar-refractivity contribution is 9.10. The molecule has 1 aliphatic rings. The van der Waals surface area contributed by atoms with Crippen LogP contribution in [0, 0.1) is 0 Å². The minimum absolute atomic E-state index is 0.0258. The van der Waals surface area contributed by atoms with Crippen molar-refractivity contribution in [1.82, 2.24) is 4.90 Å². The highest BCUT2D eigenvalue weighted by Crippen LogP contribution is 2.36. The molecule has 0 spiro atoms. The molecule has 1 heterocycles. The van der Waals surface area contributed by atoms with Crippen LogP contribution in [0.3, 0.4) is 0 Å². The van der Waals surface area contributed by atoms with E-state index in [1.807, 2.05) is 0 Å². The predicted molar refractivity (Wildman–Crippen MR) is 100 cm³/mol. The van der Waals surface area contributed by atoms with Crippen molar-refractivity contribution in [2.24, 2.45) is 0 Å². The summed E-state index contributed by atoms with van der Waals surface area (Å²) in [6.07, 6.45) is -3.84. The first kappa shape index (κ1) is 22.3. The van der Waals surface area contributed by atoms with Crippen molar-refractivity contribution in [2.45, 2.75) is 45.0 Å². The summed E-state index contributed by atoms with van der Waals surface area (Å²) < 4.78 is 50.4. The lowest BCUT2D eigenvalue weighted by Gasteiger charge is -2.27. The van der Waals surface area contributed by atoms with Crippen LogP contribution in [0.15, 0.2) is 28.2 Å². The van der Waals surface area contributed by atoms with Crippen LogP contribution < -0.4 is 0 Å². The van der Waals surface area contributed by atoms with E-state index in [1.165, 1.54) is 30.2 Å². The molecule has 0 N–H and O–H groups in total. The fourth-order valence-corrected chi connectivity index (χ4v) is 3.20. The number of carbonyl (C=O) groups is 2. The maximum Gasteiger partial charge on any atom is 0.417 e. The summed E-state index contributed by atoms with van der Waals surface area (Å²) in [5.41, 5.74) is -1.13. The molecular weight excluding hydrogens is 443 g/mol. The summed E-state index contributed by atoms with van der Waals surface area (Å²) in [4.78, 5) is 25.7. The summed E-state index contributed by atoms with van der Waals surface area (Å²) >= 11 is 3.04. The number of carbonyl (C=O) groups excluding carboxylic acids is 2. The van der Waals surface area contributed by atoms with Crippen LogP contribution in [0.1, 0.15) is 38.3 Å². The molecule has 0 saturated carbocycles. The third-order valence-electron chi connectivity index (χ3n) is 3.99. The van der Waals surface area contributed by atoms with Gasteiger partial charge in [0, 0.05) is 17.4 Å². The highest BCUT2D eigenvalue weighted by atomic mass is 79.9. The molecule has 9 heteroatoms. The Kier molecular flexibility index (Phi) is 6.48. The second kappa shape index (κ2) is 8.14. The van der Waals surface area contributed by atoms with Gasteiger partial charge >= 0.3 is 18.2 Å². The van der Waals surface area contributed by atoms with Gasteiger partial charge < -0.3 is 9.47 Å². The number of methoxy groups -OCH3 is 1. The van der Waals surface area contributed by atoms with Crippen molar-refractivity contribution in [2.75, 3.05) is 13.7 Å². The topological polar surface area (TPSA) is 55.8 Å².